The van der Waals surface area contributed by atoms with Gasteiger partial charge in [0.05, 0.1) is 18.9 Å². The summed E-state index contributed by atoms with van der Waals surface area (Å²) in [7, 11) is 1.62. The lowest BCUT2D eigenvalue weighted by molar-refractivity contribution is 0.0681. The van der Waals surface area contributed by atoms with E-state index in [0.717, 1.165) is 25.2 Å². The molecule has 0 amide bonds. The molecular weight excluding hydrogens is 206 g/mol. The van der Waals surface area contributed by atoms with Gasteiger partial charge in [0.1, 0.15) is 18.1 Å². The number of benzene rings is 1. The van der Waals surface area contributed by atoms with E-state index in [1.165, 1.54) is 0 Å². The van der Waals surface area contributed by atoms with Gasteiger partial charge in [0, 0.05) is 12.7 Å². The maximum Gasteiger partial charge on any atom is 0.146 e. The van der Waals surface area contributed by atoms with Crippen molar-refractivity contribution in [2.24, 2.45) is 0 Å². The van der Waals surface area contributed by atoms with Crippen molar-refractivity contribution in [1.82, 2.24) is 0 Å². The van der Waals surface area contributed by atoms with Gasteiger partial charge in [0.15, 0.2) is 0 Å². The maximum atomic E-state index is 5.81. The molecule has 0 bridgehead atoms. The quantitative estimate of drug-likeness (QED) is 0.791. The molecule has 1 saturated heterocycles. The number of nitrogen functional groups attached to an aromatic ring is 1. The largest absolute Gasteiger partial charge is 0.497 e. The molecule has 1 aliphatic heterocycles. The minimum Gasteiger partial charge on any atom is -0.497 e. The zero-order valence-corrected chi connectivity index (χ0v) is 9.44. The zero-order chi connectivity index (χ0) is 11.4. The highest BCUT2D eigenvalue weighted by atomic mass is 16.5. The van der Waals surface area contributed by atoms with Crippen LogP contribution >= 0.6 is 0 Å². The molecule has 0 saturated carbocycles. The molecule has 4 nitrogen and oxygen atoms in total. The van der Waals surface area contributed by atoms with Crippen LogP contribution in [0.5, 0.6) is 11.5 Å². The Morgan fingerprint density at radius 3 is 3.06 bits per heavy atom. The van der Waals surface area contributed by atoms with Crippen LogP contribution in [-0.4, -0.2) is 26.4 Å². The van der Waals surface area contributed by atoms with Crippen LogP contribution in [0.4, 0.5) is 5.69 Å². The van der Waals surface area contributed by atoms with Crippen LogP contribution in [0.2, 0.25) is 0 Å². The summed E-state index contributed by atoms with van der Waals surface area (Å²) in [6.07, 6.45) is 2.37. The molecule has 4 heteroatoms. The van der Waals surface area contributed by atoms with Gasteiger partial charge in [-0.1, -0.05) is 0 Å². The van der Waals surface area contributed by atoms with E-state index in [9.17, 15) is 0 Å². The third-order valence-corrected chi connectivity index (χ3v) is 2.67. The zero-order valence-electron chi connectivity index (χ0n) is 9.44. The first kappa shape index (κ1) is 11.1. The van der Waals surface area contributed by atoms with Gasteiger partial charge in [0.2, 0.25) is 0 Å². The Balaban J connectivity index is 1.96. The number of nitrogens with two attached hydrogens (primary N) is 1. The number of rotatable bonds is 4. The monoisotopic (exact) mass is 223 g/mol. The Morgan fingerprint density at radius 2 is 2.38 bits per heavy atom. The number of methoxy groups -OCH3 is 1. The summed E-state index contributed by atoms with van der Waals surface area (Å²) >= 11 is 0. The van der Waals surface area contributed by atoms with Crippen molar-refractivity contribution in [3.63, 3.8) is 0 Å². The van der Waals surface area contributed by atoms with E-state index >= 15 is 0 Å². The highest BCUT2D eigenvalue weighted by molar-refractivity contribution is 5.55. The Hall–Kier alpha value is -1.42. The molecule has 1 heterocycles. The highest BCUT2D eigenvalue weighted by Crippen LogP contribution is 2.27. The molecule has 1 aliphatic rings. The summed E-state index contributed by atoms with van der Waals surface area (Å²) in [5.41, 5.74) is 6.43. The molecule has 0 spiro atoms. The van der Waals surface area contributed by atoms with Crippen molar-refractivity contribution < 1.29 is 14.2 Å². The van der Waals surface area contributed by atoms with E-state index in [1.54, 1.807) is 19.2 Å². The van der Waals surface area contributed by atoms with Crippen molar-refractivity contribution in [1.29, 1.82) is 0 Å². The third-order valence-electron chi connectivity index (χ3n) is 2.67. The molecule has 0 aliphatic carbocycles. The van der Waals surface area contributed by atoms with Gasteiger partial charge in [-0.3, -0.25) is 0 Å². The van der Waals surface area contributed by atoms with E-state index in [2.05, 4.69) is 0 Å². The van der Waals surface area contributed by atoms with Crippen LogP contribution in [0.15, 0.2) is 18.2 Å². The molecule has 16 heavy (non-hydrogen) atoms. The van der Waals surface area contributed by atoms with Crippen molar-refractivity contribution in [2.45, 2.75) is 18.9 Å². The summed E-state index contributed by atoms with van der Waals surface area (Å²) in [5.74, 6) is 1.41. The lowest BCUT2D eigenvalue weighted by Gasteiger charge is -2.13. The Morgan fingerprint density at radius 1 is 1.50 bits per heavy atom. The van der Waals surface area contributed by atoms with Gasteiger partial charge in [-0.15, -0.1) is 0 Å². The average molecular weight is 223 g/mol. The summed E-state index contributed by atoms with van der Waals surface area (Å²) in [5, 5.41) is 0. The number of ether oxygens (including phenoxy) is 3. The standard InChI is InChI=1S/C12H17NO3/c1-14-9-4-5-11(13)12(7-9)16-8-10-3-2-6-15-10/h4-5,7,10H,2-3,6,8,13H2,1H3. The molecule has 2 N–H and O–H groups in total. The highest BCUT2D eigenvalue weighted by Gasteiger charge is 2.16. The van der Waals surface area contributed by atoms with E-state index in [-0.39, 0.29) is 6.10 Å². The lowest BCUT2D eigenvalue weighted by atomic mass is 10.2. The SMILES string of the molecule is COc1ccc(N)c(OCC2CCCO2)c1. The minimum absolute atomic E-state index is 0.200. The Labute approximate surface area is 95.3 Å². The molecular formula is C12H17NO3. The maximum absolute atomic E-state index is 5.81. The molecule has 1 fully saturated rings. The van der Waals surface area contributed by atoms with E-state index < -0.39 is 0 Å². The van der Waals surface area contributed by atoms with Crippen LogP contribution in [0, 0.1) is 0 Å². The van der Waals surface area contributed by atoms with Crippen molar-refractivity contribution in [3.8, 4) is 11.5 Å². The fourth-order valence-electron chi connectivity index (χ4n) is 1.73. The van der Waals surface area contributed by atoms with Crippen LogP contribution < -0.4 is 15.2 Å². The van der Waals surface area contributed by atoms with Gasteiger partial charge >= 0.3 is 0 Å². The van der Waals surface area contributed by atoms with Gasteiger partial charge < -0.3 is 19.9 Å². The second-order valence-corrected chi connectivity index (χ2v) is 3.85. The van der Waals surface area contributed by atoms with Crippen molar-refractivity contribution in [3.05, 3.63) is 18.2 Å². The first-order valence-electron chi connectivity index (χ1n) is 5.47. The predicted octanol–water partition coefficient (Wildman–Crippen LogP) is 1.84. The predicted molar refractivity (Wildman–Crippen MR) is 61.9 cm³/mol. The van der Waals surface area contributed by atoms with Crippen molar-refractivity contribution in [2.75, 3.05) is 26.1 Å². The topological polar surface area (TPSA) is 53.7 Å². The second kappa shape index (κ2) is 5.07. The van der Waals surface area contributed by atoms with Gasteiger partial charge in [-0.2, -0.15) is 0 Å². The molecule has 1 aromatic carbocycles. The number of hydrogen-bond donors (Lipinski definition) is 1. The minimum atomic E-state index is 0.200. The average Bonchev–Trinajstić information content (AvgIpc) is 2.81. The number of hydrogen-bond acceptors (Lipinski definition) is 4. The second-order valence-electron chi connectivity index (χ2n) is 3.85. The molecule has 0 radical (unpaired) electrons. The molecule has 1 atom stereocenters. The molecule has 1 unspecified atom stereocenters. The Kier molecular flexibility index (Phi) is 3.51. The van der Waals surface area contributed by atoms with Gasteiger partial charge in [-0.05, 0) is 25.0 Å². The van der Waals surface area contributed by atoms with Crippen LogP contribution in [-0.2, 0) is 4.74 Å². The summed E-state index contributed by atoms with van der Waals surface area (Å²) in [4.78, 5) is 0. The van der Waals surface area contributed by atoms with Crippen molar-refractivity contribution >= 4 is 5.69 Å². The normalized spacial score (nSPS) is 19.7. The fourth-order valence-corrected chi connectivity index (χ4v) is 1.73. The van der Waals surface area contributed by atoms with Crippen LogP contribution in [0.25, 0.3) is 0 Å². The van der Waals surface area contributed by atoms with E-state index in [0.29, 0.717) is 18.0 Å². The molecule has 88 valence electrons. The molecule has 2 rings (SSSR count). The number of anilines is 1. The van der Waals surface area contributed by atoms with Gasteiger partial charge in [-0.25, -0.2) is 0 Å². The molecule has 0 aromatic heterocycles. The fraction of sp³-hybridized carbons (Fsp3) is 0.500. The summed E-state index contributed by atoms with van der Waals surface area (Å²) in [6.45, 7) is 1.39. The summed E-state index contributed by atoms with van der Waals surface area (Å²) < 4.78 is 16.2. The van der Waals surface area contributed by atoms with Gasteiger partial charge in [0.25, 0.3) is 0 Å². The smallest absolute Gasteiger partial charge is 0.146 e. The Bertz CT molecular complexity index is 348. The lowest BCUT2D eigenvalue weighted by Crippen LogP contribution is -2.16. The van der Waals surface area contributed by atoms with Crippen LogP contribution in [0.1, 0.15) is 12.8 Å². The third kappa shape index (κ3) is 2.58. The molecule has 1 aromatic rings. The van der Waals surface area contributed by atoms with Crippen LogP contribution in [0.3, 0.4) is 0 Å². The summed E-state index contributed by atoms with van der Waals surface area (Å²) in [6, 6.07) is 5.39. The first-order chi connectivity index (χ1) is 7.79. The van der Waals surface area contributed by atoms with E-state index in [4.69, 9.17) is 19.9 Å². The van der Waals surface area contributed by atoms with E-state index in [1.807, 2.05) is 6.07 Å². The first-order valence-corrected chi connectivity index (χ1v) is 5.47.